The third-order valence-corrected chi connectivity index (χ3v) is 4.15. The molecule has 1 aromatic carbocycles. The normalized spacial score (nSPS) is 17.5. The maximum atomic E-state index is 8.97. The molecule has 0 heterocycles. The fourth-order valence-corrected chi connectivity index (χ4v) is 2.64. The summed E-state index contributed by atoms with van der Waals surface area (Å²) in [7, 11) is 0. The van der Waals surface area contributed by atoms with Crippen molar-refractivity contribution in [2.75, 3.05) is 0 Å². The number of nitriles is 1. The van der Waals surface area contributed by atoms with Gasteiger partial charge in [0, 0.05) is 9.92 Å². The fraction of sp³-hybridized carbons (Fsp3) is 0.364. The van der Waals surface area contributed by atoms with Gasteiger partial charge in [0.05, 0.1) is 6.07 Å². The van der Waals surface area contributed by atoms with Crippen LogP contribution in [0.4, 0.5) is 0 Å². The number of aryl methyl sites for hydroxylation is 1. The van der Waals surface area contributed by atoms with E-state index in [1.807, 2.05) is 25.1 Å². The summed E-state index contributed by atoms with van der Waals surface area (Å²) in [5.41, 5.74) is 1.16. The molecule has 0 aromatic heterocycles. The lowest BCUT2D eigenvalue weighted by Crippen LogP contribution is -1.97. The number of thioether (sulfide) groups is 1. The zero-order chi connectivity index (χ0) is 10.2. The number of rotatable bonds is 2. The van der Waals surface area contributed by atoms with Gasteiger partial charge in [-0.1, -0.05) is 11.6 Å². The summed E-state index contributed by atoms with van der Waals surface area (Å²) in [5, 5.41) is 9.72. The van der Waals surface area contributed by atoms with Crippen molar-refractivity contribution in [2.24, 2.45) is 0 Å². The van der Waals surface area contributed by atoms with Crippen molar-refractivity contribution in [3.63, 3.8) is 0 Å². The summed E-state index contributed by atoms with van der Waals surface area (Å²) >= 11 is 7.54. The summed E-state index contributed by atoms with van der Waals surface area (Å²) in [6.45, 7) is 2.03. The van der Waals surface area contributed by atoms with Gasteiger partial charge in [0.1, 0.15) is 4.75 Å². The highest BCUT2D eigenvalue weighted by molar-refractivity contribution is 8.01. The maximum Gasteiger partial charge on any atom is 0.107 e. The van der Waals surface area contributed by atoms with Crippen LogP contribution in [-0.4, -0.2) is 4.75 Å². The van der Waals surface area contributed by atoms with E-state index in [9.17, 15) is 0 Å². The van der Waals surface area contributed by atoms with Gasteiger partial charge in [-0.2, -0.15) is 5.26 Å². The van der Waals surface area contributed by atoms with Gasteiger partial charge in [0.15, 0.2) is 0 Å². The molecule has 1 saturated carbocycles. The first-order chi connectivity index (χ1) is 6.65. The largest absolute Gasteiger partial charge is 0.197 e. The second-order valence-corrected chi connectivity index (χ2v) is 5.48. The van der Waals surface area contributed by atoms with Gasteiger partial charge in [0.25, 0.3) is 0 Å². The van der Waals surface area contributed by atoms with Gasteiger partial charge in [-0.05, 0) is 43.5 Å². The second-order valence-electron chi connectivity index (χ2n) is 3.62. The fourth-order valence-electron chi connectivity index (χ4n) is 1.29. The zero-order valence-corrected chi connectivity index (χ0v) is 9.45. The Bertz CT molecular complexity index is 404. The van der Waals surface area contributed by atoms with E-state index in [1.165, 1.54) is 4.90 Å². The van der Waals surface area contributed by atoms with E-state index < -0.39 is 0 Å². The summed E-state index contributed by atoms with van der Waals surface area (Å²) in [5.74, 6) is 0. The van der Waals surface area contributed by atoms with Crippen molar-refractivity contribution in [2.45, 2.75) is 29.4 Å². The third-order valence-electron chi connectivity index (χ3n) is 2.35. The van der Waals surface area contributed by atoms with Gasteiger partial charge in [-0.3, -0.25) is 0 Å². The predicted octanol–water partition coefficient (Wildman–Crippen LogP) is 3.80. The molecule has 0 spiro atoms. The van der Waals surface area contributed by atoms with E-state index in [0.29, 0.717) is 0 Å². The highest BCUT2D eigenvalue weighted by atomic mass is 35.5. The lowest BCUT2D eigenvalue weighted by atomic mass is 10.2. The third kappa shape index (κ3) is 1.89. The van der Waals surface area contributed by atoms with E-state index in [4.69, 9.17) is 16.9 Å². The molecule has 0 amide bonds. The van der Waals surface area contributed by atoms with Gasteiger partial charge in [-0.15, -0.1) is 11.8 Å². The van der Waals surface area contributed by atoms with Gasteiger partial charge in [-0.25, -0.2) is 0 Å². The Morgan fingerprint density at radius 3 is 2.71 bits per heavy atom. The van der Waals surface area contributed by atoms with E-state index in [-0.39, 0.29) is 4.75 Å². The van der Waals surface area contributed by atoms with E-state index >= 15 is 0 Å². The molecular weight excluding hydrogens is 214 g/mol. The van der Waals surface area contributed by atoms with Crippen LogP contribution in [0.3, 0.4) is 0 Å². The molecule has 0 aliphatic heterocycles. The molecule has 1 nitrogen and oxygen atoms in total. The molecule has 0 unspecified atom stereocenters. The lowest BCUT2D eigenvalue weighted by Gasteiger charge is -2.08. The SMILES string of the molecule is Cc1cc(Cl)ccc1SC1(C#N)CC1. The molecule has 1 aromatic rings. The number of halogens is 1. The minimum absolute atomic E-state index is 0.140. The molecular formula is C11H10ClNS. The molecule has 1 aliphatic carbocycles. The average Bonchev–Trinajstić information content (AvgIpc) is 2.91. The first-order valence-electron chi connectivity index (χ1n) is 4.52. The summed E-state index contributed by atoms with van der Waals surface area (Å²) in [6, 6.07) is 8.19. The predicted molar refractivity (Wildman–Crippen MR) is 59.6 cm³/mol. The van der Waals surface area contributed by atoms with Crippen LogP contribution in [0.5, 0.6) is 0 Å². The summed E-state index contributed by atoms with van der Waals surface area (Å²) in [6.07, 6.45) is 2.02. The second kappa shape index (κ2) is 3.49. The first-order valence-corrected chi connectivity index (χ1v) is 5.71. The van der Waals surface area contributed by atoms with E-state index in [1.54, 1.807) is 11.8 Å². The van der Waals surface area contributed by atoms with E-state index in [2.05, 4.69) is 6.07 Å². The van der Waals surface area contributed by atoms with Crippen LogP contribution < -0.4 is 0 Å². The molecule has 1 fully saturated rings. The van der Waals surface area contributed by atoms with Gasteiger partial charge < -0.3 is 0 Å². The molecule has 0 atom stereocenters. The van der Waals surface area contributed by atoms with Gasteiger partial charge in [0.2, 0.25) is 0 Å². The summed E-state index contributed by atoms with van der Waals surface area (Å²) < 4.78 is -0.140. The van der Waals surface area contributed by atoms with Crippen molar-refractivity contribution in [1.82, 2.24) is 0 Å². The van der Waals surface area contributed by atoms with Crippen LogP contribution in [0.15, 0.2) is 23.1 Å². The molecule has 1 aliphatic rings. The molecule has 2 rings (SSSR count). The maximum absolute atomic E-state index is 8.97. The molecule has 14 heavy (non-hydrogen) atoms. The van der Waals surface area contributed by atoms with E-state index in [0.717, 1.165) is 23.4 Å². The van der Waals surface area contributed by atoms with Crippen LogP contribution in [0.25, 0.3) is 0 Å². The van der Waals surface area contributed by atoms with Crippen LogP contribution in [0, 0.1) is 18.3 Å². The molecule has 0 N–H and O–H groups in total. The minimum Gasteiger partial charge on any atom is -0.197 e. The topological polar surface area (TPSA) is 23.8 Å². The molecule has 0 bridgehead atoms. The van der Waals surface area contributed by atoms with Crippen molar-refractivity contribution in [1.29, 1.82) is 5.26 Å². The number of hydrogen-bond donors (Lipinski definition) is 0. The number of hydrogen-bond acceptors (Lipinski definition) is 2. The Morgan fingerprint density at radius 1 is 1.50 bits per heavy atom. The van der Waals surface area contributed by atoms with Gasteiger partial charge >= 0.3 is 0 Å². The molecule has 72 valence electrons. The molecule has 0 saturated heterocycles. The molecule has 0 radical (unpaired) electrons. The molecule has 3 heteroatoms. The van der Waals surface area contributed by atoms with Crippen LogP contribution in [0.1, 0.15) is 18.4 Å². The Balaban J connectivity index is 2.22. The first kappa shape index (κ1) is 9.89. The van der Waals surface area contributed by atoms with Crippen molar-refractivity contribution >= 4 is 23.4 Å². The average molecular weight is 224 g/mol. The van der Waals surface area contributed by atoms with Crippen molar-refractivity contribution in [3.05, 3.63) is 28.8 Å². The highest BCUT2D eigenvalue weighted by Crippen LogP contribution is 2.51. The summed E-state index contributed by atoms with van der Waals surface area (Å²) in [4.78, 5) is 1.17. The monoisotopic (exact) mass is 223 g/mol. The Labute approximate surface area is 93.1 Å². The lowest BCUT2D eigenvalue weighted by molar-refractivity contribution is 1.18. The smallest absolute Gasteiger partial charge is 0.107 e. The Morgan fingerprint density at radius 2 is 2.21 bits per heavy atom. The Kier molecular flexibility index (Phi) is 2.47. The zero-order valence-electron chi connectivity index (χ0n) is 7.88. The minimum atomic E-state index is -0.140. The van der Waals surface area contributed by atoms with Crippen molar-refractivity contribution in [3.8, 4) is 6.07 Å². The number of nitrogens with zero attached hydrogens (tertiary/aromatic N) is 1. The number of benzene rings is 1. The standard InChI is InChI=1S/C11H10ClNS/c1-8-6-9(12)2-3-10(8)14-11(7-13)4-5-11/h2-3,6H,4-5H2,1H3. The quantitative estimate of drug-likeness (QED) is 0.762. The van der Waals surface area contributed by atoms with Crippen LogP contribution in [-0.2, 0) is 0 Å². The van der Waals surface area contributed by atoms with Crippen LogP contribution >= 0.6 is 23.4 Å². The van der Waals surface area contributed by atoms with Crippen LogP contribution in [0.2, 0.25) is 5.02 Å². The Hall–Kier alpha value is -0.650. The van der Waals surface area contributed by atoms with Crippen molar-refractivity contribution < 1.29 is 0 Å². The highest BCUT2D eigenvalue weighted by Gasteiger charge is 2.44.